The standard InChI is InChI=1S/C28H25N3O4S/c1-35-24-10-13-27-26(16-24)23(7-4-14-32)19-31(27)36(33,34)25-11-8-20(9-12-25)17-29-28-15-21-5-2-3-6-22(21)18-30-28/h2-3,5-6,8-16,18-19H,4,7,17H2,1H3,(H,29,30). The molecular formula is C28H25N3O4S. The Hall–Kier alpha value is -4.17. The molecule has 0 spiro atoms. The topological polar surface area (TPSA) is 90.3 Å². The zero-order valence-corrected chi connectivity index (χ0v) is 20.5. The molecule has 0 bridgehead atoms. The second-order valence-corrected chi connectivity index (χ2v) is 10.3. The van der Waals surface area contributed by atoms with Crippen molar-refractivity contribution in [2.75, 3.05) is 12.4 Å². The average Bonchev–Trinajstić information content (AvgIpc) is 3.29. The first kappa shape index (κ1) is 23.6. The number of ether oxygens (including phenoxy) is 1. The van der Waals surface area contributed by atoms with E-state index in [-0.39, 0.29) is 4.90 Å². The molecule has 0 aliphatic carbocycles. The Balaban J connectivity index is 1.39. The van der Waals surface area contributed by atoms with E-state index in [9.17, 15) is 13.2 Å². The smallest absolute Gasteiger partial charge is 0.268 e. The molecule has 0 saturated heterocycles. The summed E-state index contributed by atoms with van der Waals surface area (Å²) >= 11 is 0. The van der Waals surface area contributed by atoms with Crippen LogP contribution in [0.1, 0.15) is 17.5 Å². The molecule has 7 nitrogen and oxygen atoms in total. The molecule has 0 aliphatic rings. The summed E-state index contributed by atoms with van der Waals surface area (Å²) in [6.45, 7) is 0.508. The van der Waals surface area contributed by atoms with Gasteiger partial charge in [-0.05, 0) is 59.3 Å². The number of methoxy groups -OCH3 is 1. The van der Waals surface area contributed by atoms with E-state index in [0.29, 0.717) is 30.7 Å². The highest BCUT2D eigenvalue weighted by molar-refractivity contribution is 7.90. The monoisotopic (exact) mass is 499 g/mol. The molecule has 5 aromatic rings. The molecule has 0 fully saturated rings. The summed E-state index contributed by atoms with van der Waals surface area (Å²) in [5.41, 5.74) is 2.26. The maximum absolute atomic E-state index is 13.5. The van der Waals surface area contributed by atoms with Crippen LogP contribution in [0, 0.1) is 0 Å². The third kappa shape index (κ3) is 4.55. The van der Waals surface area contributed by atoms with Gasteiger partial charge in [-0.1, -0.05) is 36.4 Å². The van der Waals surface area contributed by atoms with Crippen LogP contribution in [0.15, 0.2) is 90.1 Å². The number of carbonyl (C=O) groups excluding carboxylic acids is 1. The number of aryl methyl sites for hydroxylation is 1. The predicted molar refractivity (Wildman–Crippen MR) is 141 cm³/mol. The van der Waals surface area contributed by atoms with Crippen LogP contribution in [0.2, 0.25) is 0 Å². The Bertz CT molecular complexity index is 1660. The Kier molecular flexibility index (Phi) is 6.43. The molecule has 1 N–H and O–H groups in total. The molecule has 2 heterocycles. The first-order valence-electron chi connectivity index (χ1n) is 11.5. The lowest BCUT2D eigenvalue weighted by Crippen LogP contribution is -2.12. The van der Waals surface area contributed by atoms with Gasteiger partial charge in [-0.3, -0.25) is 0 Å². The molecule has 36 heavy (non-hydrogen) atoms. The fraction of sp³-hybridized carbons (Fsp3) is 0.143. The van der Waals surface area contributed by atoms with Crippen molar-refractivity contribution in [2.24, 2.45) is 0 Å². The van der Waals surface area contributed by atoms with Crippen LogP contribution < -0.4 is 10.1 Å². The molecule has 8 heteroatoms. The number of aldehydes is 1. The Morgan fingerprint density at radius 3 is 2.53 bits per heavy atom. The second-order valence-electron chi connectivity index (χ2n) is 8.46. The molecule has 0 amide bonds. The Morgan fingerprint density at radius 1 is 1.00 bits per heavy atom. The quantitative estimate of drug-likeness (QED) is 0.281. The third-order valence-electron chi connectivity index (χ3n) is 6.18. The number of nitrogens with one attached hydrogen (secondary N) is 1. The van der Waals surface area contributed by atoms with Gasteiger partial charge in [0.15, 0.2) is 0 Å². The van der Waals surface area contributed by atoms with Crippen LogP contribution in [0.25, 0.3) is 21.7 Å². The van der Waals surface area contributed by atoms with E-state index in [1.54, 1.807) is 55.8 Å². The number of carbonyl (C=O) groups is 1. The lowest BCUT2D eigenvalue weighted by atomic mass is 10.1. The highest BCUT2D eigenvalue weighted by Crippen LogP contribution is 2.30. The summed E-state index contributed by atoms with van der Waals surface area (Å²) in [7, 11) is -2.28. The van der Waals surface area contributed by atoms with Gasteiger partial charge in [-0.25, -0.2) is 17.4 Å². The van der Waals surface area contributed by atoms with Crippen LogP contribution in [-0.2, 0) is 27.8 Å². The van der Waals surface area contributed by atoms with Crippen molar-refractivity contribution in [1.29, 1.82) is 0 Å². The molecule has 0 atom stereocenters. The minimum Gasteiger partial charge on any atom is -0.497 e. The zero-order valence-electron chi connectivity index (χ0n) is 19.7. The van der Waals surface area contributed by atoms with Gasteiger partial charge in [0, 0.05) is 36.1 Å². The van der Waals surface area contributed by atoms with Crippen LogP contribution in [-0.4, -0.2) is 30.8 Å². The van der Waals surface area contributed by atoms with E-state index in [0.717, 1.165) is 39.4 Å². The molecular weight excluding hydrogens is 474 g/mol. The van der Waals surface area contributed by atoms with Crippen LogP contribution >= 0.6 is 0 Å². The molecule has 0 aliphatic heterocycles. The minimum absolute atomic E-state index is 0.185. The molecule has 0 unspecified atom stereocenters. The maximum Gasteiger partial charge on any atom is 0.268 e. The molecule has 3 aromatic carbocycles. The number of anilines is 1. The number of nitrogens with zero attached hydrogens (tertiary/aromatic N) is 2. The molecule has 0 radical (unpaired) electrons. The number of aromatic nitrogens is 2. The van der Waals surface area contributed by atoms with E-state index >= 15 is 0 Å². The van der Waals surface area contributed by atoms with Gasteiger partial charge in [0.25, 0.3) is 10.0 Å². The highest BCUT2D eigenvalue weighted by atomic mass is 32.2. The summed E-state index contributed by atoms with van der Waals surface area (Å²) in [6, 6.07) is 22.1. The summed E-state index contributed by atoms with van der Waals surface area (Å²) in [5, 5.41) is 6.22. The SMILES string of the molecule is COc1ccc2c(c1)c(CCC=O)cn2S(=O)(=O)c1ccc(CNc2cc3ccccc3cn2)cc1. The molecule has 2 aromatic heterocycles. The zero-order chi connectivity index (χ0) is 25.1. The van der Waals surface area contributed by atoms with E-state index in [1.807, 2.05) is 36.5 Å². The summed E-state index contributed by atoms with van der Waals surface area (Å²) in [4.78, 5) is 15.6. The number of rotatable bonds is 9. The number of benzene rings is 3. The highest BCUT2D eigenvalue weighted by Gasteiger charge is 2.21. The van der Waals surface area contributed by atoms with Crippen molar-refractivity contribution in [1.82, 2.24) is 8.96 Å². The molecule has 5 rings (SSSR count). The van der Waals surface area contributed by atoms with E-state index < -0.39 is 10.0 Å². The average molecular weight is 500 g/mol. The van der Waals surface area contributed by atoms with Crippen LogP contribution in [0.3, 0.4) is 0 Å². The number of hydrogen-bond donors (Lipinski definition) is 1. The summed E-state index contributed by atoms with van der Waals surface area (Å²) in [5.74, 6) is 1.38. The van der Waals surface area contributed by atoms with Gasteiger partial charge in [0.2, 0.25) is 0 Å². The van der Waals surface area contributed by atoms with Gasteiger partial charge >= 0.3 is 0 Å². The van der Waals surface area contributed by atoms with Gasteiger partial charge in [-0.2, -0.15) is 0 Å². The lowest BCUT2D eigenvalue weighted by molar-refractivity contribution is -0.107. The largest absolute Gasteiger partial charge is 0.497 e. The van der Waals surface area contributed by atoms with Gasteiger partial charge in [0.05, 0.1) is 17.5 Å². The van der Waals surface area contributed by atoms with Crippen molar-refractivity contribution in [3.05, 3.63) is 96.3 Å². The minimum atomic E-state index is -3.84. The van der Waals surface area contributed by atoms with Gasteiger partial charge in [0.1, 0.15) is 17.9 Å². The molecule has 182 valence electrons. The predicted octanol–water partition coefficient (Wildman–Crippen LogP) is 5.18. The molecule has 0 saturated carbocycles. The van der Waals surface area contributed by atoms with E-state index in [1.165, 1.54) is 3.97 Å². The fourth-order valence-electron chi connectivity index (χ4n) is 4.25. The van der Waals surface area contributed by atoms with Crippen LogP contribution in [0.4, 0.5) is 5.82 Å². The first-order valence-corrected chi connectivity index (χ1v) is 13.0. The van der Waals surface area contributed by atoms with Gasteiger partial charge in [-0.15, -0.1) is 0 Å². The van der Waals surface area contributed by atoms with Gasteiger partial charge < -0.3 is 14.8 Å². The van der Waals surface area contributed by atoms with Crippen molar-refractivity contribution < 1.29 is 17.9 Å². The van der Waals surface area contributed by atoms with Crippen LogP contribution in [0.5, 0.6) is 5.75 Å². The maximum atomic E-state index is 13.5. The number of fused-ring (bicyclic) bond motifs is 2. The van der Waals surface area contributed by atoms with Crippen molar-refractivity contribution in [2.45, 2.75) is 24.3 Å². The Labute approximate surface area is 209 Å². The van der Waals surface area contributed by atoms with Crippen molar-refractivity contribution in [3.8, 4) is 5.75 Å². The van der Waals surface area contributed by atoms with Crippen molar-refractivity contribution in [3.63, 3.8) is 0 Å². The number of pyridine rings is 1. The van der Waals surface area contributed by atoms with Crippen molar-refractivity contribution >= 4 is 43.8 Å². The lowest BCUT2D eigenvalue weighted by Gasteiger charge is -2.10. The first-order chi connectivity index (χ1) is 17.5. The summed E-state index contributed by atoms with van der Waals surface area (Å²) in [6.07, 6.45) is 5.02. The normalized spacial score (nSPS) is 11.6. The summed E-state index contributed by atoms with van der Waals surface area (Å²) < 4.78 is 33.7. The number of hydrogen-bond acceptors (Lipinski definition) is 6. The Morgan fingerprint density at radius 2 is 1.78 bits per heavy atom. The fourth-order valence-corrected chi connectivity index (χ4v) is 5.64. The third-order valence-corrected chi connectivity index (χ3v) is 7.86. The second kappa shape index (κ2) is 9.83. The van der Waals surface area contributed by atoms with E-state index in [2.05, 4.69) is 10.3 Å². The van der Waals surface area contributed by atoms with E-state index in [4.69, 9.17) is 4.74 Å².